The molecule has 3 rings (SSSR count). The highest BCUT2D eigenvalue weighted by molar-refractivity contribution is 7.80. The van der Waals surface area contributed by atoms with Crippen molar-refractivity contribution in [2.45, 2.75) is 49.9 Å². The zero-order chi connectivity index (χ0) is 29.2. The second kappa shape index (κ2) is 14.1. The molecule has 0 fully saturated rings. The van der Waals surface area contributed by atoms with E-state index >= 15 is 0 Å². The number of para-hydroxylation sites is 1. The van der Waals surface area contributed by atoms with Gasteiger partial charge in [-0.05, 0) is 18.1 Å². The molecule has 4 atom stereocenters. The third kappa shape index (κ3) is 8.31. The summed E-state index contributed by atoms with van der Waals surface area (Å²) in [6.07, 6.45) is 4.06. The molecule has 2 aromatic heterocycles. The summed E-state index contributed by atoms with van der Waals surface area (Å²) in [4.78, 5) is 72.1. The molecule has 0 radical (unpaired) electrons. The van der Waals surface area contributed by atoms with Crippen LogP contribution in [-0.2, 0) is 36.8 Å². The zero-order valence-electron chi connectivity index (χ0n) is 21.4. The summed E-state index contributed by atoms with van der Waals surface area (Å²) in [5.41, 5.74) is 13.0. The monoisotopic (exact) mass is 572 g/mol. The fraction of sp³-hybridized carbons (Fsp3) is 0.360. The summed E-state index contributed by atoms with van der Waals surface area (Å²) in [5, 5.41) is 18.0. The molecule has 3 aromatic rings. The molecule has 0 aliphatic rings. The van der Waals surface area contributed by atoms with Gasteiger partial charge in [-0.1, -0.05) is 18.2 Å². The molecule has 0 spiro atoms. The number of H-pyrrole nitrogens is 2. The summed E-state index contributed by atoms with van der Waals surface area (Å²) in [5.74, 6) is -4.18. The number of carboxylic acid groups (broad SMARTS) is 1. The van der Waals surface area contributed by atoms with Crippen molar-refractivity contribution in [3.63, 3.8) is 0 Å². The molecule has 0 aliphatic carbocycles. The van der Waals surface area contributed by atoms with Gasteiger partial charge in [0.05, 0.1) is 12.4 Å². The smallest absolute Gasteiger partial charge is 0.326 e. The van der Waals surface area contributed by atoms with Gasteiger partial charge in [-0.3, -0.25) is 19.2 Å². The van der Waals surface area contributed by atoms with Crippen LogP contribution >= 0.6 is 12.6 Å². The van der Waals surface area contributed by atoms with Gasteiger partial charge in [0.2, 0.25) is 23.6 Å². The lowest BCUT2D eigenvalue weighted by Crippen LogP contribution is -2.58. The van der Waals surface area contributed by atoms with Crippen LogP contribution in [-0.4, -0.2) is 79.6 Å². The number of nitrogens with one attached hydrogen (secondary N) is 5. The van der Waals surface area contributed by atoms with Crippen molar-refractivity contribution in [3.05, 3.63) is 54.2 Å². The Bertz CT molecular complexity index is 1340. The lowest BCUT2D eigenvalue weighted by Gasteiger charge is -2.25. The average molecular weight is 573 g/mol. The van der Waals surface area contributed by atoms with E-state index in [4.69, 9.17) is 11.5 Å². The number of thiol groups is 1. The number of hydrogen-bond acceptors (Lipinski definition) is 8. The molecule has 14 nitrogen and oxygen atoms in total. The van der Waals surface area contributed by atoms with Crippen LogP contribution in [0.5, 0.6) is 0 Å². The first-order chi connectivity index (χ1) is 19.1. The summed E-state index contributed by atoms with van der Waals surface area (Å²) in [7, 11) is 0. The number of carbonyl (C=O) groups is 5. The molecule has 0 saturated heterocycles. The van der Waals surface area contributed by atoms with E-state index in [2.05, 4.69) is 43.5 Å². The van der Waals surface area contributed by atoms with Crippen LogP contribution in [0.25, 0.3) is 10.9 Å². The van der Waals surface area contributed by atoms with Gasteiger partial charge in [0.25, 0.3) is 0 Å². The number of aromatic nitrogens is 3. The van der Waals surface area contributed by atoms with E-state index in [9.17, 15) is 29.1 Å². The predicted molar refractivity (Wildman–Crippen MR) is 148 cm³/mol. The normalized spacial score (nSPS) is 14.1. The maximum absolute atomic E-state index is 13.6. The van der Waals surface area contributed by atoms with Crippen molar-refractivity contribution in [2.75, 3.05) is 5.75 Å². The molecule has 0 saturated carbocycles. The Hall–Kier alpha value is -4.37. The van der Waals surface area contributed by atoms with Gasteiger partial charge in [0.1, 0.15) is 18.1 Å². The molecule has 1 aromatic carbocycles. The highest BCUT2D eigenvalue weighted by Crippen LogP contribution is 2.19. The number of aromatic amines is 2. The SMILES string of the molecule is NC(=O)CCC(NC(=O)C(Cc1cnc[nH]1)NC(=O)C(Cc1c[nH]c2ccccc12)NC(=O)C(N)CS)C(=O)O. The van der Waals surface area contributed by atoms with Gasteiger partial charge in [0.15, 0.2) is 0 Å². The Morgan fingerprint density at radius 2 is 1.60 bits per heavy atom. The Balaban J connectivity index is 1.85. The van der Waals surface area contributed by atoms with Gasteiger partial charge in [-0.2, -0.15) is 12.6 Å². The van der Waals surface area contributed by atoms with E-state index in [1.165, 1.54) is 12.5 Å². The van der Waals surface area contributed by atoms with Crippen molar-refractivity contribution >= 4 is 53.1 Å². The molecular formula is C25H32N8O6S. The molecule has 15 heteroatoms. The predicted octanol–water partition coefficient (Wildman–Crippen LogP) is -1.26. The Kier molecular flexibility index (Phi) is 10.7. The second-order valence-corrected chi connectivity index (χ2v) is 9.53. The van der Waals surface area contributed by atoms with Crippen molar-refractivity contribution < 1.29 is 29.1 Å². The molecule has 40 heavy (non-hydrogen) atoms. The molecular weight excluding hydrogens is 540 g/mol. The second-order valence-electron chi connectivity index (χ2n) is 9.16. The number of primary amides is 1. The van der Waals surface area contributed by atoms with E-state index in [0.717, 1.165) is 16.5 Å². The van der Waals surface area contributed by atoms with Crippen molar-refractivity contribution in [1.82, 2.24) is 30.9 Å². The maximum Gasteiger partial charge on any atom is 0.326 e. The fourth-order valence-corrected chi connectivity index (χ4v) is 4.17. The third-order valence-corrected chi connectivity index (χ3v) is 6.56. The lowest BCUT2D eigenvalue weighted by molar-refractivity contribution is -0.142. The number of imidazole rings is 1. The first kappa shape index (κ1) is 30.2. The van der Waals surface area contributed by atoms with E-state index in [1.54, 1.807) is 6.20 Å². The minimum atomic E-state index is -1.42. The third-order valence-electron chi connectivity index (χ3n) is 6.17. The number of carboxylic acids is 1. The van der Waals surface area contributed by atoms with Crippen LogP contribution in [0.3, 0.4) is 0 Å². The van der Waals surface area contributed by atoms with Gasteiger partial charge < -0.3 is 42.5 Å². The van der Waals surface area contributed by atoms with E-state index in [0.29, 0.717) is 5.69 Å². The number of hydrogen-bond donors (Lipinski definition) is 9. The molecule has 4 amide bonds. The first-order valence-corrected chi connectivity index (χ1v) is 13.0. The highest BCUT2D eigenvalue weighted by atomic mass is 32.1. The minimum Gasteiger partial charge on any atom is -0.480 e. The Morgan fingerprint density at radius 1 is 0.950 bits per heavy atom. The molecule has 0 aliphatic heterocycles. The molecule has 10 N–H and O–H groups in total. The Morgan fingerprint density at radius 3 is 2.23 bits per heavy atom. The van der Waals surface area contributed by atoms with Crippen LogP contribution < -0.4 is 27.4 Å². The number of aliphatic carboxylic acids is 1. The maximum atomic E-state index is 13.6. The molecule has 0 bridgehead atoms. The van der Waals surface area contributed by atoms with Crippen molar-refractivity contribution in [2.24, 2.45) is 11.5 Å². The molecule has 4 unspecified atom stereocenters. The van der Waals surface area contributed by atoms with E-state index in [-0.39, 0.29) is 31.4 Å². The lowest BCUT2D eigenvalue weighted by atomic mass is 10.0. The quantitative estimate of drug-likeness (QED) is 0.0993. The highest BCUT2D eigenvalue weighted by Gasteiger charge is 2.31. The van der Waals surface area contributed by atoms with Crippen LogP contribution in [0.1, 0.15) is 24.1 Å². The van der Waals surface area contributed by atoms with Crippen molar-refractivity contribution in [3.8, 4) is 0 Å². The summed E-state index contributed by atoms with van der Waals surface area (Å²) in [6.45, 7) is 0. The Labute approximate surface area is 234 Å². The van der Waals surface area contributed by atoms with E-state index in [1.807, 2.05) is 24.3 Å². The van der Waals surface area contributed by atoms with Gasteiger partial charge in [0, 0.05) is 54.0 Å². The minimum absolute atomic E-state index is 0.0417. The number of nitrogens with zero attached hydrogens (tertiary/aromatic N) is 1. The van der Waals surface area contributed by atoms with Crippen molar-refractivity contribution in [1.29, 1.82) is 0 Å². The summed E-state index contributed by atoms with van der Waals surface area (Å²) in [6, 6.07) is 2.63. The average Bonchev–Trinajstić information content (AvgIpc) is 3.59. The number of carbonyl (C=O) groups excluding carboxylic acids is 4. The first-order valence-electron chi connectivity index (χ1n) is 12.4. The van der Waals surface area contributed by atoms with Crippen LogP contribution in [0.2, 0.25) is 0 Å². The van der Waals surface area contributed by atoms with Gasteiger partial charge in [-0.25, -0.2) is 9.78 Å². The number of benzene rings is 1. The molecule has 2 heterocycles. The standard InChI is InChI=1S/C25H32N8O6S/c26-16(11-40)22(35)32-19(7-13-9-29-17-4-2-1-3-15(13)17)23(36)33-20(8-14-10-28-12-30-14)24(37)31-18(25(38)39)5-6-21(27)34/h1-4,9-10,12,16,18-20,29,40H,5-8,11,26H2,(H2,27,34)(H,28,30)(H,31,37)(H,32,35)(H,33,36)(H,38,39). The van der Waals surface area contributed by atoms with Crippen LogP contribution in [0, 0.1) is 0 Å². The van der Waals surface area contributed by atoms with Gasteiger partial charge in [-0.15, -0.1) is 0 Å². The van der Waals surface area contributed by atoms with Crippen LogP contribution in [0.15, 0.2) is 43.0 Å². The number of nitrogens with two attached hydrogens (primary N) is 2. The van der Waals surface area contributed by atoms with Crippen LogP contribution in [0.4, 0.5) is 0 Å². The summed E-state index contributed by atoms with van der Waals surface area (Å²) >= 11 is 4.05. The fourth-order valence-electron chi connectivity index (χ4n) is 4.01. The number of amides is 4. The van der Waals surface area contributed by atoms with Gasteiger partial charge >= 0.3 is 5.97 Å². The number of fused-ring (bicyclic) bond motifs is 1. The molecule has 214 valence electrons. The number of rotatable bonds is 15. The zero-order valence-corrected chi connectivity index (χ0v) is 22.3. The summed E-state index contributed by atoms with van der Waals surface area (Å²) < 4.78 is 0. The largest absolute Gasteiger partial charge is 0.480 e. The van der Waals surface area contributed by atoms with E-state index < -0.39 is 53.8 Å². The topological polar surface area (TPSA) is 238 Å².